The number of hydrogen-bond acceptors (Lipinski definition) is 7. The number of anilines is 3. The zero-order chi connectivity index (χ0) is 19.5. The van der Waals surface area contributed by atoms with Gasteiger partial charge in [0.15, 0.2) is 5.65 Å². The molecule has 3 heterocycles. The second kappa shape index (κ2) is 8.02. The van der Waals surface area contributed by atoms with Gasteiger partial charge in [-0.15, -0.1) is 0 Å². The lowest BCUT2D eigenvalue weighted by atomic mass is 10.1. The number of fused-ring (bicyclic) bond motifs is 1. The molecule has 1 saturated heterocycles. The van der Waals surface area contributed by atoms with Crippen LogP contribution in [0.25, 0.3) is 5.65 Å². The van der Waals surface area contributed by atoms with Crippen LogP contribution in [0.1, 0.15) is 43.7 Å². The maximum atomic E-state index is 5.78. The number of nitrogen functional groups attached to an aromatic ring is 1. The number of hydrogen-bond donors (Lipinski definition) is 3. The van der Waals surface area contributed by atoms with Gasteiger partial charge in [0.25, 0.3) is 0 Å². The van der Waals surface area contributed by atoms with E-state index in [0.29, 0.717) is 30.4 Å². The summed E-state index contributed by atoms with van der Waals surface area (Å²) in [7, 11) is 0. The van der Waals surface area contributed by atoms with Crippen molar-refractivity contribution >= 4 is 23.2 Å². The molecule has 4 rings (SSSR count). The number of nitrogens with zero attached hydrogens (tertiary/aromatic N) is 4. The van der Waals surface area contributed by atoms with Gasteiger partial charge < -0.3 is 21.1 Å². The molecular formula is C20H27N7O. The molecule has 3 aromatic rings. The van der Waals surface area contributed by atoms with Crippen molar-refractivity contribution in [2.45, 2.75) is 45.2 Å². The summed E-state index contributed by atoms with van der Waals surface area (Å²) in [6.07, 6.45) is 3.79. The van der Waals surface area contributed by atoms with Gasteiger partial charge in [-0.25, -0.2) is 0 Å². The van der Waals surface area contributed by atoms with E-state index in [0.717, 1.165) is 48.5 Å². The summed E-state index contributed by atoms with van der Waals surface area (Å²) in [5.74, 6) is 1.62. The smallest absolute Gasteiger partial charge is 0.229 e. The molecular weight excluding hydrogens is 354 g/mol. The monoisotopic (exact) mass is 381 g/mol. The van der Waals surface area contributed by atoms with Gasteiger partial charge >= 0.3 is 0 Å². The van der Waals surface area contributed by atoms with E-state index < -0.39 is 0 Å². The SMILES string of the molecule is CC(C)c1cnn2c(NCc3ccc(N)cc3)nc(NC3CCOCC3)nc12. The molecule has 0 spiro atoms. The van der Waals surface area contributed by atoms with Crippen LogP contribution in [0.2, 0.25) is 0 Å². The van der Waals surface area contributed by atoms with E-state index in [9.17, 15) is 0 Å². The predicted molar refractivity (Wildman–Crippen MR) is 111 cm³/mol. The van der Waals surface area contributed by atoms with Crippen LogP contribution in [0.15, 0.2) is 30.5 Å². The molecule has 0 atom stereocenters. The van der Waals surface area contributed by atoms with Gasteiger partial charge in [-0.1, -0.05) is 26.0 Å². The second-order valence-electron chi connectivity index (χ2n) is 7.49. The van der Waals surface area contributed by atoms with Crippen LogP contribution in [0.5, 0.6) is 0 Å². The quantitative estimate of drug-likeness (QED) is 0.564. The lowest BCUT2D eigenvalue weighted by Gasteiger charge is -2.23. The molecule has 0 aliphatic carbocycles. The van der Waals surface area contributed by atoms with E-state index in [1.165, 1.54) is 0 Å². The van der Waals surface area contributed by atoms with Crippen molar-refractivity contribution in [1.82, 2.24) is 19.6 Å². The molecule has 1 aliphatic heterocycles. The average Bonchev–Trinajstić information content (AvgIpc) is 3.12. The summed E-state index contributed by atoms with van der Waals surface area (Å²) in [5.41, 5.74) is 9.59. The number of ether oxygens (including phenoxy) is 1. The molecule has 0 amide bonds. The van der Waals surface area contributed by atoms with Gasteiger partial charge in [0.05, 0.1) is 6.20 Å². The van der Waals surface area contributed by atoms with Gasteiger partial charge in [-0.05, 0) is 36.5 Å². The maximum Gasteiger partial charge on any atom is 0.229 e. The highest BCUT2D eigenvalue weighted by atomic mass is 16.5. The molecule has 8 heteroatoms. The number of nitrogens with one attached hydrogen (secondary N) is 2. The highest BCUT2D eigenvalue weighted by molar-refractivity contribution is 5.56. The van der Waals surface area contributed by atoms with Crippen molar-refractivity contribution < 1.29 is 4.74 Å². The number of rotatable bonds is 6. The highest BCUT2D eigenvalue weighted by Gasteiger charge is 2.18. The average molecular weight is 381 g/mol. The van der Waals surface area contributed by atoms with Crippen LogP contribution in [-0.2, 0) is 11.3 Å². The number of benzene rings is 1. The Bertz CT molecular complexity index is 930. The maximum absolute atomic E-state index is 5.78. The van der Waals surface area contributed by atoms with Crippen molar-refractivity contribution in [3.63, 3.8) is 0 Å². The van der Waals surface area contributed by atoms with Crippen molar-refractivity contribution in [2.24, 2.45) is 0 Å². The Hall–Kier alpha value is -2.87. The minimum absolute atomic E-state index is 0.326. The first-order valence-electron chi connectivity index (χ1n) is 9.78. The predicted octanol–water partition coefficient (Wildman–Crippen LogP) is 3.03. The third-order valence-corrected chi connectivity index (χ3v) is 5.00. The molecule has 148 valence electrons. The minimum Gasteiger partial charge on any atom is -0.399 e. The van der Waals surface area contributed by atoms with Crippen molar-refractivity contribution in [3.05, 3.63) is 41.6 Å². The Labute approximate surface area is 164 Å². The molecule has 1 aliphatic rings. The van der Waals surface area contributed by atoms with E-state index >= 15 is 0 Å². The van der Waals surface area contributed by atoms with Crippen LogP contribution < -0.4 is 16.4 Å². The third-order valence-electron chi connectivity index (χ3n) is 5.00. The Kier molecular flexibility index (Phi) is 5.29. The van der Waals surface area contributed by atoms with E-state index in [-0.39, 0.29) is 0 Å². The summed E-state index contributed by atoms with van der Waals surface area (Å²) in [4.78, 5) is 9.46. The fraction of sp³-hybridized carbons (Fsp3) is 0.450. The Morgan fingerprint density at radius 2 is 1.93 bits per heavy atom. The zero-order valence-electron chi connectivity index (χ0n) is 16.4. The van der Waals surface area contributed by atoms with Gasteiger partial charge in [0.1, 0.15) is 0 Å². The van der Waals surface area contributed by atoms with Crippen molar-refractivity contribution in [3.8, 4) is 0 Å². The van der Waals surface area contributed by atoms with Gasteiger partial charge in [0, 0.05) is 37.1 Å². The Morgan fingerprint density at radius 3 is 2.64 bits per heavy atom. The van der Waals surface area contributed by atoms with Crippen LogP contribution in [0.4, 0.5) is 17.6 Å². The van der Waals surface area contributed by atoms with E-state index in [1.807, 2.05) is 30.5 Å². The standard InChI is InChI=1S/C20H27N7O/c1-13(2)17-12-23-27-18(17)25-19(24-16-7-9-28-10-8-16)26-20(27)22-11-14-3-5-15(21)6-4-14/h3-6,12-13,16H,7-11,21H2,1-2H3,(H2,22,24,25,26). The summed E-state index contributed by atoms with van der Waals surface area (Å²) in [6.45, 7) is 6.45. The van der Waals surface area contributed by atoms with Crippen LogP contribution >= 0.6 is 0 Å². The van der Waals surface area contributed by atoms with Crippen molar-refractivity contribution in [1.29, 1.82) is 0 Å². The Balaban J connectivity index is 1.63. The third kappa shape index (κ3) is 4.01. The number of nitrogens with two attached hydrogens (primary N) is 1. The van der Waals surface area contributed by atoms with Crippen LogP contribution in [-0.4, -0.2) is 38.8 Å². The molecule has 1 fully saturated rings. The fourth-order valence-corrected chi connectivity index (χ4v) is 3.32. The van der Waals surface area contributed by atoms with Crippen molar-refractivity contribution in [2.75, 3.05) is 29.6 Å². The normalized spacial score (nSPS) is 15.2. The summed E-state index contributed by atoms with van der Waals surface area (Å²) < 4.78 is 7.23. The summed E-state index contributed by atoms with van der Waals surface area (Å²) >= 11 is 0. The molecule has 28 heavy (non-hydrogen) atoms. The topological polar surface area (TPSA) is 102 Å². The summed E-state index contributed by atoms with van der Waals surface area (Å²) in [6, 6.07) is 8.13. The van der Waals surface area contributed by atoms with Gasteiger partial charge in [0.2, 0.25) is 11.9 Å². The summed E-state index contributed by atoms with van der Waals surface area (Å²) in [5, 5.41) is 11.4. The molecule has 0 bridgehead atoms. The largest absolute Gasteiger partial charge is 0.399 e. The van der Waals surface area contributed by atoms with Gasteiger partial charge in [-0.3, -0.25) is 0 Å². The lowest BCUT2D eigenvalue weighted by Crippen LogP contribution is -2.29. The molecule has 8 nitrogen and oxygen atoms in total. The highest BCUT2D eigenvalue weighted by Crippen LogP contribution is 2.23. The van der Waals surface area contributed by atoms with Crippen LogP contribution in [0.3, 0.4) is 0 Å². The Morgan fingerprint density at radius 1 is 1.18 bits per heavy atom. The first kappa shape index (κ1) is 18.5. The first-order chi connectivity index (χ1) is 13.6. The molecule has 2 aromatic heterocycles. The molecule has 1 aromatic carbocycles. The second-order valence-corrected chi connectivity index (χ2v) is 7.49. The van der Waals surface area contributed by atoms with E-state index in [1.54, 1.807) is 4.52 Å². The molecule has 0 radical (unpaired) electrons. The minimum atomic E-state index is 0.326. The van der Waals surface area contributed by atoms with E-state index in [2.05, 4.69) is 29.6 Å². The van der Waals surface area contributed by atoms with Crippen LogP contribution in [0, 0.1) is 0 Å². The lowest BCUT2D eigenvalue weighted by molar-refractivity contribution is 0.0903. The fourth-order valence-electron chi connectivity index (χ4n) is 3.32. The zero-order valence-corrected chi connectivity index (χ0v) is 16.4. The van der Waals surface area contributed by atoms with E-state index in [4.69, 9.17) is 20.4 Å². The molecule has 4 N–H and O–H groups in total. The molecule has 0 saturated carbocycles. The first-order valence-corrected chi connectivity index (χ1v) is 9.78. The molecule has 0 unspecified atom stereocenters. The van der Waals surface area contributed by atoms with Gasteiger partial charge in [-0.2, -0.15) is 19.6 Å². The number of aromatic nitrogens is 4.